The van der Waals surface area contributed by atoms with Crippen LogP contribution in [-0.4, -0.2) is 5.78 Å². The van der Waals surface area contributed by atoms with Crippen LogP contribution in [0.2, 0.25) is 0 Å². The second-order valence-electron chi connectivity index (χ2n) is 5.54. The first-order valence-electron chi connectivity index (χ1n) is 6.77. The minimum absolute atomic E-state index is 0.185. The van der Waals surface area contributed by atoms with E-state index in [9.17, 15) is 4.79 Å². The summed E-state index contributed by atoms with van der Waals surface area (Å²) < 4.78 is 0. The number of carbonyl (C=O) groups is 1. The predicted molar refractivity (Wildman–Crippen MR) is 71.1 cm³/mol. The monoisotopic (exact) mass is 230 g/mol. The van der Waals surface area contributed by atoms with Gasteiger partial charge in [-0.15, -0.1) is 0 Å². The third-order valence-electron chi connectivity index (χ3n) is 4.24. The van der Waals surface area contributed by atoms with Crippen molar-refractivity contribution in [3.05, 3.63) is 35.9 Å². The van der Waals surface area contributed by atoms with Gasteiger partial charge in [-0.05, 0) is 24.7 Å². The van der Waals surface area contributed by atoms with Crippen molar-refractivity contribution in [2.45, 2.75) is 39.5 Å². The van der Waals surface area contributed by atoms with Crippen LogP contribution in [0.1, 0.15) is 49.9 Å². The van der Waals surface area contributed by atoms with Crippen molar-refractivity contribution in [2.24, 2.45) is 17.8 Å². The highest BCUT2D eigenvalue weighted by Crippen LogP contribution is 2.34. The highest BCUT2D eigenvalue weighted by atomic mass is 16.1. The van der Waals surface area contributed by atoms with Gasteiger partial charge in [0.05, 0.1) is 0 Å². The molecular weight excluding hydrogens is 208 g/mol. The molecule has 1 aliphatic carbocycles. The Balaban J connectivity index is 2.00. The van der Waals surface area contributed by atoms with Crippen LogP contribution in [0, 0.1) is 17.8 Å². The van der Waals surface area contributed by atoms with Crippen molar-refractivity contribution < 1.29 is 4.79 Å². The van der Waals surface area contributed by atoms with Gasteiger partial charge in [-0.3, -0.25) is 4.79 Å². The van der Waals surface area contributed by atoms with E-state index in [0.29, 0.717) is 11.7 Å². The Kier molecular flexibility index (Phi) is 3.98. The first kappa shape index (κ1) is 12.3. The van der Waals surface area contributed by atoms with Crippen molar-refractivity contribution >= 4 is 5.78 Å². The number of carbonyl (C=O) groups excluding carboxylic acids is 1. The fourth-order valence-corrected chi connectivity index (χ4v) is 2.87. The molecule has 2 rings (SSSR count). The molecule has 0 heterocycles. The summed E-state index contributed by atoms with van der Waals surface area (Å²) in [6, 6.07) is 9.73. The molecule has 0 amide bonds. The average molecular weight is 230 g/mol. The molecule has 1 fully saturated rings. The van der Waals surface area contributed by atoms with Crippen molar-refractivity contribution in [1.29, 1.82) is 0 Å². The molecule has 92 valence electrons. The number of ketones is 1. The Morgan fingerprint density at radius 2 is 1.71 bits per heavy atom. The molecule has 0 aromatic heterocycles. The standard InChI is InChI=1S/C16H22O/c1-12-8-10-14(11-9-12)13(2)16(17)15-6-4-3-5-7-15/h3-7,12-14H,8-11H2,1-2H3. The summed E-state index contributed by atoms with van der Waals surface area (Å²) in [7, 11) is 0. The van der Waals surface area contributed by atoms with Crippen LogP contribution in [0.3, 0.4) is 0 Å². The molecule has 0 spiro atoms. The summed E-state index contributed by atoms with van der Waals surface area (Å²) in [6.07, 6.45) is 5.02. The quantitative estimate of drug-likeness (QED) is 0.706. The molecule has 0 radical (unpaired) electrons. The molecule has 1 aliphatic rings. The van der Waals surface area contributed by atoms with E-state index in [1.165, 1.54) is 25.7 Å². The number of hydrogen-bond donors (Lipinski definition) is 0. The predicted octanol–water partition coefficient (Wildman–Crippen LogP) is 4.33. The minimum Gasteiger partial charge on any atom is -0.294 e. The van der Waals surface area contributed by atoms with E-state index >= 15 is 0 Å². The van der Waals surface area contributed by atoms with E-state index in [0.717, 1.165) is 11.5 Å². The van der Waals surface area contributed by atoms with Crippen molar-refractivity contribution in [2.75, 3.05) is 0 Å². The van der Waals surface area contributed by atoms with Crippen molar-refractivity contribution in [1.82, 2.24) is 0 Å². The van der Waals surface area contributed by atoms with Gasteiger partial charge in [0, 0.05) is 11.5 Å². The van der Waals surface area contributed by atoms with Gasteiger partial charge in [0.25, 0.3) is 0 Å². The number of benzene rings is 1. The first-order valence-corrected chi connectivity index (χ1v) is 6.77. The van der Waals surface area contributed by atoms with E-state index < -0.39 is 0 Å². The van der Waals surface area contributed by atoms with E-state index in [2.05, 4.69) is 13.8 Å². The maximum atomic E-state index is 12.3. The Labute approximate surface area is 104 Å². The molecule has 0 saturated heterocycles. The summed E-state index contributed by atoms with van der Waals surface area (Å²) in [4.78, 5) is 12.3. The van der Waals surface area contributed by atoms with Gasteiger partial charge < -0.3 is 0 Å². The number of rotatable bonds is 3. The molecule has 0 bridgehead atoms. The summed E-state index contributed by atoms with van der Waals surface area (Å²) in [5, 5.41) is 0. The molecule has 17 heavy (non-hydrogen) atoms. The number of hydrogen-bond acceptors (Lipinski definition) is 1. The van der Waals surface area contributed by atoms with Gasteiger partial charge in [-0.2, -0.15) is 0 Å². The zero-order chi connectivity index (χ0) is 12.3. The smallest absolute Gasteiger partial charge is 0.165 e. The molecule has 1 atom stereocenters. The molecule has 1 heteroatoms. The minimum atomic E-state index is 0.185. The Morgan fingerprint density at radius 1 is 1.12 bits per heavy atom. The molecule has 0 aliphatic heterocycles. The van der Waals surface area contributed by atoms with E-state index in [1.807, 2.05) is 30.3 Å². The van der Waals surface area contributed by atoms with E-state index in [-0.39, 0.29) is 5.92 Å². The molecule has 1 aromatic rings. The fourth-order valence-electron chi connectivity index (χ4n) is 2.87. The van der Waals surface area contributed by atoms with Crippen LogP contribution in [0.25, 0.3) is 0 Å². The normalized spacial score (nSPS) is 26.5. The van der Waals surface area contributed by atoms with Crippen LogP contribution >= 0.6 is 0 Å². The van der Waals surface area contributed by atoms with Gasteiger partial charge in [-0.1, -0.05) is 57.0 Å². The third-order valence-corrected chi connectivity index (χ3v) is 4.24. The largest absolute Gasteiger partial charge is 0.294 e. The second kappa shape index (κ2) is 5.48. The third kappa shape index (κ3) is 2.96. The molecule has 1 nitrogen and oxygen atoms in total. The second-order valence-corrected chi connectivity index (χ2v) is 5.54. The SMILES string of the molecule is CC1CCC(C(C)C(=O)c2ccccc2)CC1. The van der Waals surface area contributed by atoms with Gasteiger partial charge in [0.1, 0.15) is 0 Å². The van der Waals surface area contributed by atoms with Crippen LogP contribution in [0.15, 0.2) is 30.3 Å². The fraction of sp³-hybridized carbons (Fsp3) is 0.562. The summed E-state index contributed by atoms with van der Waals surface area (Å²) >= 11 is 0. The van der Waals surface area contributed by atoms with Gasteiger partial charge in [0.15, 0.2) is 5.78 Å². The first-order chi connectivity index (χ1) is 8.18. The topological polar surface area (TPSA) is 17.1 Å². The highest BCUT2D eigenvalue weighted by Gasteiger charge is 2.27. The van der Waals surface area contributed by atoms with Crippen molar-refractivity contribution in [3.8, 4) is 0 Å². The lowest BCUT2D eigenvalue weighted by Gasteiger charge is -2.30. The maximum Gasteiger partial charge on any atom is 0.165 e. The lowest BCUT2D eigenvalue weighted by atomic mass is 9.75. The molecule has 1 aromatic carbocycles. The van der Waals surface area contributed by atoms with E-state index in [1.54, 1.807) is 0 Å². The Hall–Kier alpha value is -1.11. The molecule has 1 unspecified atom stereocenters. The number of Topliss-reactive ketones (excluding diaryl/α,β-unsaturated/α-hetero) is 1. The van der Waals surface area contributed by atoms with Crippen LogP contribution in [0.4, 0.5) is 0 Å². The van der Waals surface area contributed by atoms with Gasteiger partial charge in [0.2, 0.25) is 0 Å². The highest BCUT2D eigenvalue weighted by molar-refractivity contribution is 5.97. The molecule has 0 N–H and O–H groups in total. The summed E-state index contributed by atoms with van der Waals surface area (Å²) in [6.45, 7) is 4.43. The van der Waals surface area contributed by atoms with Crippen molar-refractivity contribution in [3.63, 3.8) is 0 Å². The van der Waals surface area contributed by atoms with E-state index in [4.69, 9.17) is 0 Å². The zero-order valence-electron chi connectivity index (χ0n) is 10.9. The van der Waals surface area contributed by atoms with Gasteiger partial charge in [-0.25, -0.2) is 0 Å². The van der Waals surface area contributed by atoms with Crippen LogP contribution in [-0.2, 0) is 0 Å². The summed E-state index contributed by atoms with van der Waals surface area (Å²) in [5.74, 6) is 1.96. The Morgan fingerprint density at radius 3 is 2.29 bits per heavy atom. The maximum absolute atomic E-state index is 12.3. The van der Waals surface area contributed by atoms with Crippen LogP contribution in [0.5, 0.6) is 0 Å². The summed E-state index contributed by atoms with van der Waals surface area (Å²) in [5.41, 5.74) is 0.874. The molecule has 1 saturated carbocycles. The average Bonchev–Trinajstić information content (AvgIpc) is 2.39. The Bertz CT molecular complexity index is 360. The zero-order valence-corrected chi connectivity index (χ0v) is 10.9. The lowest BCUT2D eigenvalue weighted by Crippen LogP contribution is -2.25. The molecular formula is C16H22O. The lowest BCUT2D eigenvalue weighted by molar-refractivity contribution is 0.0852. The van der Waals surface area contributed by atoms with Gasteiger partial charge >= 0.3 is 0 Å². The van der Waals surface area contributed by atoms with Crippen LogP contribution < -0.4 is 0 Å².